The van der Waals surface area contributed by atoms with E-state index < -0.39 is 5.54 Å². The van der Waals surface area contributed by atoms with E-state index in [1.165, 1.54) is 0 Å². The monoisotopic (exact) mass is 227 g/mol. The lowest BCUT2D eigenvalue weighted by Gasteiger charge is -2.41. The molecule has 0 aromatic heterocycles. The van der Waals surface area contributed by atoms with Crippen molar-refractivity contribution >= 4 is 5.91 Å². The smallest absolute Gasteiger partial charge is 0.242 e. The minimum absolute atomic E-state index is 0.226. The quantitative estimate of drug-likeness (QED) is 0.761. The molecule has 1 aliphatic rings. The van der Waals surface area contributed by atoms with Gasteiger partial charge in [-0.05, 0) is 47.8 Å². The fourth-order valence-corrected chi connectivity index (χ4v) is 2.30. The van der Waals surface area contributed by atoms with Crippen molar-refractivity contribution in [3.63, 3.8) is 0 Å². The Bertz CT molecular complexity index is 251. The summed E-state index contributed by atoms with van der Waals surface area (Å²) in [5.74, 6) is 0.226. The Hall–Kier alpha value is -0.610. The fraction of sp³-hybridized carbons (Fsp3) is 0.917. The lowest BCUT2D eigenvalue weighted by atomic mass is 9.98. The second kappa shape index (κ2) is 5.15. The van der Waals surface area contributed by atoms with Crippen molar-refractivity contribution < 1.29 is 4.79 Å². The highest BCUT2D eigenvalue weighted by Crippen LogP contribution is 2.15. The SMILES string of the molecule is CC1CN(CCCN(C)C)C(=O)C(C)(C)N1. The van der Waals surface area contributed by atoms with E-state index in [2.05, 4.69) is 31.2 Å². The van der Waals surface area contributed by atoms with Crippen LogP contribution in [0.4, 0.5) is 0 Å². The summed E-state index contributed by atoms with van der Waals surface area (Å²) in [5.41, 5.74) is -0.407. The number of nitrogens with zero attached hydrogens (tertiary/aromatic N) is 2. The first-order chi connectivity index (χ1) is 7.33. The lowest BCUT2D eigenvalue weighted by Crippen LogP contribution is -2.64. The minimum atomic E-state index is -0.407. The number of hydrogen-bond acceptors (Lipinski definition) is 3. The Balaban J connectivity index is 2.48. The first-order valence-corrected chi connectivity index (χ1v) is 6.05. The van der Waals surface area contributed by atoms with Crippen LogP contribution in [-0.4, -0.2) is 61.0 Å². The van der Waals surface area contributed by atoms with Gasteiger partial charge in [0.2, 0.25) is 5.91 Å². The van der Waals surface area contributed by atoms with Gasteiger partial charge in [-0.15, -0.1) is 0 Å². The van der Waals surface area contributed by atoms with Crippen molar-refractivity contribution in [2.75, 3.05) is 33.7 Å². The number of rotatable bonds is 4. The van der Waals surface area contributed by atoms with E-state index in [1.807, 2.05) is 18.7 Å². The topological polar surface area (TPSA) is 35.6 Å². The van der Waals surface area contributed by atoms with Gasteiger partial charge in [-0.3, -0.25) is 10.1 Å². The molecule has 16 heavy (non-hydrogen) atoms. The highest BCUT2D eigenvalue weighted by molar-refractivity contribution is 5.86. The van der Waals surface area contributed by atoms with Gasteiger partial charge in [0.05, 0.1) is 5.54 Å². The Kier molecular flexibility index (Phi) is 4.33. The van der Waals surface area contributed by atoms with Crippen molar-refractivity contribution in [2.45, 2.75) is 38.8 Å². The van der Waals surface area contributed by atoms with Crippen LogP contribution < -0.4 is 5.32 Å². The van der Waals surface area contributed by atoms with Gasteiger partial charge in [0.1, 0.15) is 0 Å². The molecule has 0 aromatic carbocycles. The van der Waals surface area contributed by atoms with Gasteiger partial charge in [-0.1, -0.05) is 0 Å². The summed E-state index contributed by atoms with van der Waals surface area (Å²) in [7, 11) is 4.12. The first kappa shape index (κ1) is 13.5. The van der Waals surface area contributed by atoms with E-state index in [1.54, 1.807) is 0 Å². The van der Waals surface area contributed by atoms with Crippen LogP contribution >= 0.6 is 0 Å². The summed E-state index contributed by atoms with van der Waals surface area (Å²) < 4.78 is 0. The fourth-order valence-electron chi connectivity index (χ4n) is 2.30. The van der Waals surface area contributed by atoms with Gasteiger partial charge in [0, 0.05) is 19.1 Å². The minimum Gasteiger partial charge on any atom is -0.340 e. The summed E-state index contributed by atoms with van der Waals surface area (Å²) in [6, 6.07) is 0.382. The van der Waals surface area contributed by atoms with Gasteiger partial charge in [0.15, 0.2) is 0 Å². The third kappa shape index (κ3) is 3.46. The molecule has 1 fully saturated rings. The van der Waals surface area contributed by atoms with E-state index in [-0.39, 0.29) is 5.91 Å². The largest absolute Gasteiger partial charge is 0.340 e. The molecule has 1 N–H and O–H groups in total. The average molecular weight is 227 g/mol. The number of carbonyl (C=O) groups is 1. The maximum atomic E-state index is 12.1. The summed E-state index contributed by atoms with van der Waals surface area (Å²) in [4.78, 5) is 16.3. The zero-order valence-electron chi connectivity index (χ0n) is 11.2. The molecule has 1 rings (SSSR count). The van der Waals surface area contributed by atoms with Crippen molar-refractivity contribution in [3.05, 3.63) is 0 Å². The molecule has 1 unspecified atom stereocenters. The molecule has 4 nitrogen and oxygen atoms in total. The van der Waals surface area contributed by atoms with Crippen LogP contribution in [0.25, 0.3) is 0 Å². The second-order valence-corrected chi connectivity index (χ2v) is 5.58. The van der Waals surface area contributed by atoms with Crippen molar-refractivity contribution in [1.82, 2.24) is 15.1 Å². The van der Waals surface area contributed by atoms with Gasteiger partial charge >= 0.3 is 0 Å². The molecule has 0 saturated carbocycles. The summed E-state index contributed by atoms with van der Waals surface area (Å²) in [6.07, 6.45) is 1.04. The van der Waals surface area contributed by atoms with Crippen LogP contribution in [-0.2, 0) is 4.79 Å². The van der Waals surface area contributed by atoms with E-state index in [0.29, 0.717) is 6.04 Å². The van der Waals surface area contributed by atoms with Crippen molar-refractivity contribution in [1.29, 1.82) is 0 Å². The van der Waals surface area contributed by atoms with Crippen LogP contribution in [0.5, 0.6) is 0 Å². The number of hydrogen-bond donors (Lipinski definition) is 1. The molecule has 0 bridgehead atoms. The number of amides is 1. The van der Waals surface area contributed by atoms with Crippen LogP contribution in [0.15, 0.2) is 0 Å². The number of nitrogens with one attached hydrogen (secondary N) is 1. The maximum absolute atomic E-state index is 12.1. The summed E-state index contributed by atoms with van der Waals surface area (Å²) in [6.45, 7) is 8.79. The molecule has 0 radical (unpaired) electrons. The molecule has 1 saturated heterocycles. The zero-order chi connectivity index (χ0) is 12.3. The predicted octanol–water partition coefficient (Wildman–Crippen LogP) is 0.537. The molecular weight excluding hydrogens is 202 g/mol. The molecule has 1 atom stereocenters. The van der Waals surface area contributed by atoms with E-state index in [0.717, 1.165) is 26.1 Å². The summed E-state index contributed by atoms with van der Waals surface area (Å²) >= 11 is 0. The Labute approximate surface area is 99.0 Å². The molecule has 4 heteroatoms. The van der Waals surface area contributed by atoms with Crippen LogP contribution in [0.1, 0.15) is 27.2 Å². The van der Waals surface area contributed by atoms with E-state index >= 15 is 0 Å². The van der Waals surface area contributed by atoms with Gasteiger partial charge in [0.25, 0.3) is 0 Å². The van der Waals surface area contributed by atoms with E-state index in [9.17, 15) is 4.79 Å². The van der Waals surface area contributed by atoms with Gasteiger partial charge < -0.3 is 9.80 Å². The second-order valence-electron chi connectivity index (χ2n) is 5.58. The molecule has 0 aromatic rings. The number of carbonyl (C=O) groups excluding carboxylic acids is 1. The average Bonchev–Trinajstić information content (AvgIpc) is 2.11. The first-order valence-electron chi connectivity index (χ1n) is 6.05. The standard InChI is InChI=1S/C12H25N3O/c1-10-9-15(8-6-7-14(4)5)11(16)12(2,3)13-10/h10,13H,6-9H2,1-5H3. The Morgan fingerprint density at radius 3 is 2.69 bits per heavy atom. The molecular formula is C12H25N3O. The number of piperazine rings is 1. The van der Waals surface area contributed by atoms with Crippen LogP contribution in [0.3, 0.4) is 0 Å². The predicted molar refractivity (Wildman–Crippen MR) is 66.4 cm³/mol. The van der Waals surface area contributed by atoms with Crippen molar-refractivity contribution in [2.24, 2.45) is 0 Å². The van der Waals surface area contributed by atoms with Gasteiger partial charge in [-0.2, -0.15) is 0 Å². The zero-order valence-corrected chi connectivity index (χ0v) is 11.2. The molecule has 1 aliphatic heterocycles. The third-order valence-electron chi connectivity index (χ3n) is 2.96. The molecule has 0 spiro atoms. The van der Waals surface area contributed by atoms with Crippen LogP contribution in [0, 0.1) is 0 Å². The maximum Gasteiger partial charge on any atom is 0.242 e. The van der Waals surface area contributed by atoms with Crippen molar-refractivity contribution in [3.8, 4) is 0 Å². The Morgan fingerprint density at radius 1 is 1.50 bits per heavy atom. The highest BCUT2D eigenvalue weighted by atomic mass is 16.2. The summed E-state index contributed by atoms with van der Waals surface area (Å²) in [5, 5.41) is 3.33. The normalized spacial score (nSPS) is 25.2. The van der Waals surface area contributed by atoms with Gasteiger partial charge in [-0.25, -0.2) is 0 Å². The Morgan fingerprint density at radius 2 is 2.12 bits per heavy atom. The van der Waals surface area contributed by atoms with E-state index in [4.69, 9.17) is 0 Å². The van der Waals surface area contributed by atoms with Crippen LogP contribution in [0.2, 0.25) is 0 Å². The third-order valence-corrected chi connectivity index (χ3v) is 2.96. The molecule has 1 heterocycles. The highest BCUT2D eigenvalue weighted by Gasteiger charge is 2.37. The molecule has 1 amide bonds. The molecule has 0 aliphatic carbocycles. The lowest BCUT2D eigenvalue weighted by molar-refractivity contribution is -0.141. The molecule has 94 valence electrons.